The van der Waals surface area contributed by atoms with Gasteiger partial charge in [-0.1, -0.05) is 17.4 Å². The van der Waals surface area contributed by atoms with Crippen molar-refractivity contribution >= 4 is 49.4 Å². The van der Waals surface area contributed by atoms with Crippen LogP contribution in [0.4, 0.5) is 10.9 Å². The van der Waals surface area contributed by atoms with Crippen LogP contribution in [0.25, 0.3) is 21.1 Å². The van der Waals surface area contributed by atoms with Crippen LogP contribution in [-0.4, -0.2) is 46.5 Å². The number of nitrogens with zero attached hydrogens (tertiary/aromatic N) is 4. The molecule has 3 aromatic heterocycles. The molecule has 4 aromatic rings. The Bertz CT molecular complexity index is 1630. The number of benzene rings is 1. The molecule has 1 atom stereocenters. The number of hydrogen-bond acceptors (Lipinski definition) is 9. The largest absolute Gasteiger partial charge is 0.331 e. The molecule has 1 aromatic carbocycles. The second-order valence-electron chi connectivity index (χ2n) is 9.60. The standard InChI is InChI=1S/C26H25N5O3S3/c1-14-23(36-26(28-14)30-21-6-4-5-19(29-21)24-27-9-10-35-24)17-11-18-13-31(15(2)16-7-8-16)25(32)22(18)20(12-17)37(3,33)34/h4-6,9-12,15-16H,7-8,13H2,1-3H3,(H,28,29,30)/t15-/m0/s1. The van der Waals surface area contributed by atoms with Gasteiger partial charge in [-0.3, -0.25) is 4.79 Å². The summed E-state index contributed by atoms with van der Waals surface area (Å²) >= 11 is 2.95. The second kappa shape index (κ2) is 9.00. The minimum absolute atomic E-state index is 0.0932. The Morgan fingerprint density at radius 1 is 1.19 bits per heavy atom. The number of sulfone groups is 1. The summed E-state index contributed by atoms with van der Waals surface area (Å²) < 4.78 is 25.6. The fraction of sp³-hybridized carbons (Fsp3) is 0.308. The zero-order valence-corrected chi connectivity index (χ0v) is 23.0. The SMILES string of the molecule is Cc1nc(Nc2cccc(-c3nccs3)n2)sc1-c1cc2c(c(S(C)(=O)=O)c1)C(=O)N([C@@H](C)C1CC1)C2. The third-order valence-corrected chi connectivity index (χ3v) is 9.93. The van der Waals surface area contributed by atoms with E-state index in [0.29, 0.717) is 29.0 Å². The first-order chi connectivity index (χ1) is 17.7. The van der Waals surface area contributed by atoms with Gasteiger partial charge in [0.2, 0.25) is 0 Å². The summed E-state index contributed by atoms with van der Waals surface area (Å²) in [5, 5.41) is 6.68. The Morgan fingerprint density at radius 2 is 2.00 bits per heavy atom. The molecule has 0 spiro atoms. The smallest absolute Gasteiger partial charge is 0.256 e. The molecule has 2 aliphatic rings. The predicted molar refractivity (Wildman–Crippen MR) is 146 cm³/mol. The first kappa shape index (κ1) is 24.2. The zero-order chi connectivity index (χ0) is 25.9. The molecule has 37 heavy (non-hydrogen) atoms. The van der Waals surface area contributed by atoms with E-state index in [4.69, 9.17) is 0 Å². The highest BCUT2D eigenvalue weighted by Crippen LogP contribution is 2.42. The van der Waals surface area contributed by atoms with Gasteiger partial charge < -0.3 is 10.2 Å². The van der Waals surface area contributed by atoms with E-state index in [2.05, 4.69) is 27.2 Å². The summed E-state index contributed by atoms with van der Waals surface area (Å²) in [6, 6.07) is 9.37. The van der Waals surface area contributed by atoms with Gasteiger partial charge in [0, 0.05) is 30.4 Å². The Balaban J connectivity index is 1.35. The molecular weight excluding hydrogens is 527 g/mol. The Labute approximate surface area is 223 Å². The molecule has 190 valence electrons. The van der Waals surface area contributed by atoms with Gasteiger partial charge in [-0.25, -0.2) is 23.4 Å². The summed E-state index contributed by atoms with van der Waals surface area (Å²) in [6.45, 7) is 4.39. The number of amides is 1. The van der Waals surface area contributed by atoms with Gasteiger partial charge in [-0.05, 0) is 68.0 Å². The lowest BCUT2D eigenvalue weighted by atomic mass is 10.0. The minimum atomic E-state index is -3.62. The topological polar surface area (TPSA) is 105 Å². The average Bonchev–Trinajstić information content (AvgIpc) is 3.27. The number of thiazole rings is 2. The second-order valence-corrected chi connectivity index (χ2v) is 13.5. The van der Waals surface area contributed by atoms with Gasteiger partial charge in [-0.15, -0.1) is 11.3 Å². The first-order valence-electron chi connectivity index (χ1n) is 12.0. The lowest BCUT2D eigenvalue weighted by Gasteiger charge is -2.24. The monoisotopic (exact) mass is 551 g/mol. The van der Waals surface area contributed by atoms with Crippen LogP contribution in [0, 0.1) is 12.8 Å². The number of aryl methyl sites for hydroxylation is 1. The van der Waals surface area contributed by atoms with Crippen molar-refractivity contribution in [1.29, 1.82) is 0 Å². The Morgan fingerprint density at radius 3 is 2.70 bits per heavy atom. The number of hydrogen-bond donors (Lipinski definition) is 1. The third kappa shape index (κ3) is 4.55. The van der Waals surface area contributed by atoms with E-state index >= 15 is 0 Å². The van der Waals surface area contributed by atoms with Gasteiger partial charge in [0.25, 0.3) is 5.91 Å². The molecule has 1 N–H and O–H groups in total. The molecular formula is C26H25N5O3S3. The predicted octanol–water partition coefficient (Wildman–Crippen LogP) is 5.54. The van der Waals surface area contributed by atoms with E-state index in [1.807, 2.05) is 41.5 Å². The lowest BCUT2D eigenvalue weighted by Crippen LogP contribution is -2.35. The summed E-state index contributed by atoms with van der Waals surface area (Å²) in [5.74, 6) is 0.963. The van der Waals surface area contributed by atoms with E-state index in [1.165, 1.54) is 28.9 Å². The number of pyridine rings is 1. The molecule has 1 saturated carbocycles. The maximum absolute atomic E-state index is 13.3. The van der Waals surface area contributed by atoms with Gasteiger partial charge in [0.15, 0.2) is 15.0 Å². The highest BCUT2D eigenvalue weighted by atomic mass is 32.2. The molecule has 1 aliphatic carbocycles. The van der Waals surface area contributed by atoms with E-state index < -0.39 is 9.84 Å². The van der Waals surface area contributed by atoms with Crippen molar-refractivity contribution in [2.45, 2.75) is 44.2 Å². The first-order valence-corrected chi connectivity index (χ1v) is 15.6. The van der Waals surface area contributed by atoms with Crippen molar-refractivity contribution in [3.63, 3.8) is 0 Å². The summed E-state index contributed by atoms with van der Waals surface area (Å²) in [7, 11) is -3.62. The van der Waals surface area contributed by atoms with Gasteiger partial charge >= 0.3 is 0 Å². The third-order valence-electron chi connectivity index (χ3n) is 6.89. The van der Waals surface area contributed by atoms with Crippen molar-refractivity contribution in [1.82, 2.24) is 19.9 Å². The zero-order valence-electron chi connectivity index (χ0n) is 20.6. The molecule has 1 amide bonds. The van der Waals surface area contributed by atoms with Crippen LogP contribution in [0.2, 0.25) is 0 Å². The van der Waals surface area contributed by atoms with Crippen molar-refractivity contribution in [3.05, 3.63) is 58.7 Å². The van der Waals surface area contributed by atoms with E-state index in [1.54, 1.807) is 12.3 Å². The van der Waals surface area contributed by atoms with Crippen molar-refractivity contribution in [3.8, 4) is 21.1 Å². The molecule has 4 heterocycles. The number of carbonyl (C=O) groups is 1. The van der Waals surface area contributed by atoms with Gasteiger partial charge in [-0.2, -0.15) is 0 Å². The number of anilines is 2. The van der Waals surface area contributed by atoms with Crippen LogP contribution < -0.4 is 5.32 Å². The van der Waals surface area contributed by atoms with E-state index in [9.17, 15) is 13.2 Å². The maximum Gasteiger partial charge on any atom is 0.256 e. The molecule has 0 radical (unpaired) electrons. The number of fused-ring (bicyclic) bond motifs is 1. The molecule has 0 bridgehead atoms. The molecule has 1 aliphatic heterocycles. The lowest BCUT2D eigenvalue weighted by molar-refractivity contribution is 0.0694. The van der Waals surface area contributed by atoms with Crippen molar-refractivity contribution in [2.75, 3.05) is 11.6 Å². The highest BCUT2D eigenvalue weighted by molar-refractivity contribution is 7.90. The normalized spacial score (nSPS) is 16.2. The summed E-state index contributed by atoms with van der Waals surface area (Å²) in [6.07, 6.45) is 5.14. The maximum atomic E-state index is 13.3. The quantitative estimate of drug-likeness (QED) is 0.322. The van der Waals surface area contributed by atoms with Gasteiger partial charge in [0.1, 0.15) is 16.5 Å². The fourth-order valence-electron chi connectivity index (χ4n) is 4.83. The van der Waals surface area contributed by atoms with Crippen LogP contribution in [0.1, 0.15) is 41.4 Å². The number of rotatable bonds is 7. The van der Waals surface area contributed by atoms with Crippen LogP contribution in [-0.2, 0) is 16.4 Å². The van der Waals surface area contributed by atoms with Crippen molar-refractivity contribution < 1.29 is 13.2 Å². The molecule has 1 fully saturated rings. The van der Waals surface area contributed by atoms with Crippen molar-refractivity contribution in [2.24, 2.45) is 5.92 Å². The molecule has 11 heteroatoms. The molecule has 0 saturated heterocycles. The van der Waals surface area contributed by atoms with Crippen LogP contribution >= 0.6 is 22.7 Å². The Hall–Kier alpha value is -3.15. The highest BCUT2D eigenvalue weighted by Gasteiger charge is 2.41. The number of aromatic nitrogens is 3. The molecule has 0 unspecified atom stereocenters. The molecule has 6 rings (SSSR count). The number of nitrogens with one attached hydrogen (secondary N) is 1. The fourth-order valence-corrected chi connectivity index (χ4v) is 7.32. The Kier molecular flexibility index (Phi) is 5.89. The van der Waals surface area contributed by atoms with Crippen LogP contribution in [0.3, 0.4) is 0 Å². The number of carbonyl (C=O) groups excluding carboxylic acids is 1. The molecule has 8 nitrogen and oxygen atoms in total. The average molecular weight is 552 g/mol. The van der Waals surface area contributed by atoms with Crippen LogP contribution in [0.5, 0.6) is 0 Å². The summed E-state index contributed by atoms with van der Waals surface area (Å²) in [5.41, 5.74) is 3.38. The van der Waals surface area contributed by atoms with Gasteiger partial charge in [0.05, 0.1) is 21.0 Å². The van der Waals surface area contributed by atoms with Crippen LogP contribution in [0.15, 0.2) is 46.8 Å². The van der Waals surface area contributed by atoms with E-state index in [-0.39, 0.29) is 16.8 Å². The summed E-state index contributed by atoms with van der Waals surface area (Å²) in [4.78, 5) is 29.7. The minimum Gasteiger partial charge on any atom is -0.331 e. The van der Waals surface area contributed by atoms with E-state index in [0.717, 1.165) is 45.2 Å².